The number of nitrogens with one attached hydrogen (secondary N) is 2. The van der Waals surface area contributed by atoms with Crippen LogP contribution >= 0.6 is 11.6 Å². The molecule has 4 rings (SSSR count). The molecule has 0 saturated carbocycles. The van der Waals surface area contributed by atoms with Crippen LogP contribution in [0.25, 0.3) is 11.5 Å². The second-order valence-electron chi connectivity index (χ2n) is 6.03. The van der Waals surface area contributed by atoms with Crippen LogP contribution in [0.4, 0.5) is 5.82 Å². The molecule has 0 radical (unpaired) electrons. The summed E-state index contributed by atoms with van der Waals surface area (Å²) in [4.78, 5) is 8.84. The molecule has 3 heterocycles. The Morgan fingerprint density at radius 1 is 1.04 bits per heavy atom. The van der Waals surface area contributed by atoms with E-state index in [0.717, 1.165) is 35.5 Å². The van der Waals surface area contributed by atoms with E-state index in [-0.39, 0.29) is 0 Å². The van der Waals surface area contributed by atoms with Crippen LogP contribution < -0.4 is 5.32 Å². The molecule has 0 unspecified atom stereocenters. The van der Waals surface area contributed by atoms with E-state index < -0.39 is 0 Å². The largest absolute Gasteiger partial charge is 0.370 e. The summed E-state index contributed by atoms with van der Waals surface area (Å²) in [6.45, 7) is 0.775. The van der Waals surface area contributed by atoms with Crippen molar-refractivity contribution >= 4 is 17.4 Å². The Bertz CT molecular complexity index is 980. The predicted octanol–water partition coefficient (Wildman–Crippen LogP) is 3.75. The fourth-order valence-corrected chi connectivity index (χ4v) is 2.73. The molecule has 8 heteroatoms. The maximum atomic E-state index is 5.90. The number of benzene rings is 1. The van der Waals surface area contributed by atoms with Crippen molar-refractivity contribution in [3.63, 3.8) is 0 Å². The van der Waals surface area contributed by atoms with Gasteiger partial charge in [-0.05, 0) is 41.8 Å². The number of nitrogens with zero attached hydrogens (tertiary/aromatic N) is 4. The second kappa shape index (κ2) is 8.01. The van der Waals surface area contributed by atoms with Gasteiger partial charge in [0.1, 0.15) is 5.82 Å². The van der Waals surface area contributed by atoms with Crippen molar-refractivity contribution < 1.29 is 4.52 Å². The van der Waals surface area contributed by atoms with Gasteiger partial charge in [0.05, 0.1) is 11.8 Å². The number of hydrogen-bond acceptors (Lipinski definition) is 6. The van der Waals surface area contributed by atoms with Crippen LogP contribution in [-0.2, 0) is 12.8 Å². The van der Waals surface area contributed by atoms with Gasteiger partial charge in [0.15, 0.2) is 5.82 Å². The standard InChI is InChI=1S/C19H17ClN6O/c20-16-4-1-13(2-5-16)9-18-25-19(27-26-18)15-3-6-17(22-12-15)21-8-7-14-10-23-24-11-14/h1-6,10-12H,7-9H2,(H,21,22)(H,23,24). The monoisotopic (exact) mass is 380 g/mol. The van der Waals surface area contributed by atoms with Gasteiger partial charge in [0, 0.05) is 30.4 Å². The topological polar surface area (TPSA) is 92.5 Å². The average Bonchev–Trinajstić information content (AvgIpc) is 3.36. The highest BCUT2D eigenvalue weighted by Crippen LogP contribution is 2.19. The normalized spacial score (nSPS) is 10.9. The fraction of sp³-hybridized carbons (Fsp3) is 0.158. The first-order chi connectivity index (χ1) is 13.3. The summed E-state index contributed by atoms with van der Waals surface area (Å²) in [5.74, 6) is 1.87. The molecule has 0 spiro atoms. The molecule has 0 aliphatic carbocycles. The lowest BCUT2D eigenvalue weighted by molar-refractivity contribution is 0.424. The molecule has 136 valence electrons. The summed E-state index contributed by atoms with van der Waals surface area (Å²) >= 11 is 5.90. The second-order valence-corrected chi connectivity index (χ2v) is 6.47. The van der Waals surface area contributed by atoms with Crippen LogP contribution in [0.3, 0.4) is 0 Å². The third-order valence-electron chi connectivity index (χ3n) is 4.03. The Labute approximate surface area is 160 Å². The number of rotatable bonds is 7. The average molecular weight is 381 g/mol. The van der Waals surface area contributed by atoms with Crippen LogP contribution in [0.2, 0.25) is 5.02 Å². The molecule has 3 aromatic heterocycles. The number of pyridine rings is 1. The Balaban J connectivity index is 1.36. The molecule has 7 nitrogen and oxygen atoms in total. The van der Waals surface area contributed by atoms with E-state index in [1.54, 1.807) is 6.20 Å². The zero-order chi connectivity index (χ0) is 18.5. The van der Waals surface area contributed by atoms with Crippen molar-refractivity contribution in [1.82, 2.24) is 25.3 Å². The van der Waals surface area contributed by atoms with Crippen molar-refractivity contribution in [2.24, 2.45) is 0 Å². The van der Waals surface area contributed by atoms with E-state index >= 15 is 0 Å². The number of anilines is 1. The van der Waals surface area contributed by atoms with E-state index in [2.05, 4.69) is 30.6 Å². The molecular weight excluding hydrogens is 364 g/mol. The Hall–Kier alpha value is -3.19. The number of halogens is 1. The van der Waals surface area contributed by atoms with Gasteiger partial charge < -0.3 is 9.84 Å². The summed E-state index contributed by atoms with van der Waals surface area (Å²) in [5.41, 5.74) is 3.01. The molecule has 0 amide bonds. The lowest BCUT2D eigenvalue weighted by atomic mass is 10.1. The molecule has 4 aromatic rings. The molecule has 0 fully saturated rings. The lowest BCUT2D eigenvalue weighted by Gasteiger charge is -2.04. The van der Waals surface area contributed by atoms with Crippen molar-refractivity contribution in [3.8, 4) is 11.5 Å². The fourth-order valence-electron chi connectivity index (χ4n) is 2.60. The van der Waals surface area contributed by atoms with Crippen LogP contribution in [0.15, 0.2) is 59.5 Å². The zero-order valence-corrected chi connectivity index (χ0v) is 15.1. The van der Waals surface area contributed by atoms with E-state index in [4.69, 9.17) is 16.1 Å². The minimum absolute atomic E-state index is 0.455. The van der Waals surface area contributed by atoms with E-state index in [1.807, 2.05) is 48.8 Å². The lowest BCUT2D eigenvalue weighted by Crippen LogP contribution is -2.05. The molecule has 0 aliphatic rings. The highest BCUT2D eigenvalue weighted by atomic mass is 35.5. The third kappa shape index (κ3) is 4.51. The van der Waals surface area contributed by atoms with Crippen molar-refractivity contribution in [2.75, 3.05) is 11.9 Å². The Morgan fingerprint density at radius 2 is 1.93 bits per heavy atom. The number of H-pyrrole nitrogens is 1. The summed E-state index contributed by atoms with van der Waals surface area (Å²) in [6, 6.07) is 11.4. The quantitative estimate of drug-likeness (QED) is 0.507. The minimum atomic E-state index is 0.455. The van der Waals surface area contributed by atoms with Gasteiger partial charge >= 0.3 is 0 Å². The van der Waals surface area contributed by atoms with Crippen molar-refractivity contribution in [1.29, 1.82) is 0 Å². The first kappa shape index (κ1) is 17.2. The smallest absolute Gasteiger partial charge is 0.259 e. The highest BCUT2D eigenvalue weighted by Gasteiger charge is 2.10. The molecule has 2 N–H and O–H groups in total. The molecule has 0 atom stereocenters. The van der Waals surface area contributed by atoms with Gasteiger partial charge in [0.25, 0.3) is 5.89 Å². The van der Waals surface area contributed by atoms with Crippen LogP contribution in [-0.4, -0.2) is 31.9 Å². The minimum Gasteiger partial charge on any atom is -0.370 e. The van der Waals surface area contributed by atoms with E-state index in [9.17, 15) is 0 Å². The van der Waals surface area contributed by atoms with Crippen LogP contribution in [0, 0.1) is 0 Å². The predicted molar refractivity (Wildman–Crippen MR) is 103 cm³/mol. The first-order valence-corrected chi connectivity index (χ1v) is 8.89. The molecule has 27 heavy (non-hydrogen) atoms. The highest BCUT2D eigenvalue weighted by molar-refractivity contribution is 6.30. The summed E-state index contributed by atoms with van der Waals surface area (Å²) in [5, 5.41) is 14.7. The van der Waals surface area contributed by atoms with Crippen LogP contribution in [0.1, 0.15) is 17.0 Å². The van der Waals surface area contributed by atoms with Crippen molar-refractivity contribution in [2.45, 2.75) is 12.8 Å². The molecule has 1 aromatic carbocycles. The van der Waals surface area contributed by atoms with Gasteiger partial charge in [0.2, 0.25) is 0 Å². The van der Waals surface area contributed by atoms with Gasteiger partial charge in [-0.25, -0.2) is 4.98 Å². The number of aromatic amines is 1. The molecule has 0 saturated heterocycles. The number of aromatic nitrogens is 5. The molecule has 0 bridgehead atoms. The van der Waals surface area contributed by atoms with Gasteiger partial charge in [-0.3, -0.25) is 5.10 Å². The van der Waals surface area contributed by atoms with E-state index in [0.29, 0.717) is 23.2 Å². The van der Waals surface area contributed by atoms with Gasteiger partial charge in [-0.15, -0.1) is 0 Å². The Morgan fingerprint density at radius 3 is 2.67 bits per heavy atom. The van der Waals surface area contributed by atoms with Crippen molar-refractivity contribution in [3.05, 3.63) is 77.0 Å². The van der Waals surface area contributed by atoms with E-state index in [1.165, 1.54) is 0 Å². The summed E-state index contributed by atoms with van der Waals surface area (Å²) < 4.78 is 5.36. The number of hydrogen-bond donors (Lipinski definition) is 2. The summed E-state index contributed by atoms with van der Waals surface area (Å²) in [7, 11) is 0. The maximum Gasteiger partial charge on any atom is 0.259 e. The zero-order valence-electron chi connectivity index (χ0n) is 14.4. The Kier molecular flexibility index (Phi) is 5.11. The van der Waals surface area contributed by atoms with Crippen LogP contribution in [0.5, 0.6) is 0 Å². The third-order valence-corrected chi connectivity index (χ3v) is 4.28. The maximum absolute atomic E-state index is 5.90. The first-order valence-electron chi connectivity index (χ1n) is 8.51. The molecule has 0 aliphatic heterocycles. The van der Waals surface area contributed by atoms with Gasteiger partial charge in [-0.2, -0.15) is 10.1 Å². The SMILES string of the molecule is Clc1ccc(Cc2noc(-c3ccc(NCCc4cn[nH]c4)nc3)n2)cc1. The molecular formula is C19H17ClN6O. The summed E-state index contributed by atoms with van der Waals surface area (Å²) in [6.07, 6.45) is 6.88. The van der Waals surface area contributed by atoms with Gasteiger partial charge in [-0.1, -0.05) is 28.9 Å².